The lowest BCUT2D eigenvalue weighted by molar-refractivity contribution is 0.0467. The van der Waals surface area contributed by atoms with Gasteiger partial charge >= 0.3 is 11.9 Å². The average Bonchev–Trinajstić information content (AvgIpc) is 3.23. The van der Waals surface area contributed by atoms with E-state index in [1.54, 1.807) is 24.3 Å². The summed E-state index contributed by atoms with van der Waals surface area (Å²) >= 11 is 0. The second-order valence-corrected chi connectivity index (χ2v) is 6.11. The summed E-state index contributed by atoms with van der Waals surface area (Å²) in [5, 5.41) is 18.4. The first-order chi connectivity index (χ1) is 13.5. The summed E-state index contributed by atoms with van der Waals surface area (Å²) < 4.78 is 20.8. The number of fused-ring (bicyclic) bond motifs is 2. The van der Waals surface area contributed by atoms with Crippen molar-refractivity contribution in [2.45, 2.75) is 12.2 Å². The van der Waals surface area contributed by atoms with Gasteiger partial charge in [-0.15, -0.1) is 0 Å². The number of nitrogens with zero attached hydrogens (tertiary/aromatic N) is 2. The molecule has 2 aliphatic heterocycles. The van der Waals surface area contributed by atoms with Crippen molar-refractivity contribution >= 4 is 11.9 Å². The van der Waals surface area contributed by atoms with Gasteiger partial charge < -0.3 is 18.9 Å². The smallest absolute Gasteiger partial charge is 0.340 e. The van der Waals surface area contributed by atoms with E-state index < -0.39 is 24.1 Å². The van der Waals surface area contributed by atoms with E-state index in [0.29, 0.717) is 33.8 Å². The molecule has 138 valence electrons. The van der Waals surface area contributed by atoms with Crippen molar-refractivity contribution < 1.29 is 28.5 Å². The van der Waals surface area contributed by atoms with E-state index in [0.717, 1.165) is 0 Å². The van der Waals surface area contributed by atoms with Crippen LogP contribution >= 0.6 is 0 Å². The van der Waals surface area contributed by atoms with E-state index in [4.69, 9.17) is 18.9 Å². The van der Waals surface area contributed by atoms with Gasteiger partial charge in [-0.3, -0.25) is 0 Å². The first-order valence-corrected chi connectivity index (χ1v) is 8.17. The lowest BCUT2D eigenvalue weighted by atomic mass is 9.93. The fraction of sp³-hybridized carbons (Fsp3) is 0.200. The van der Waals surface area contributed by atoms with Crippen molar-refractivity contribution in [3.63, 3.8) is 0 Å². The van der Waals surface area contributed by atoms with Gasteiger partial charge in [-0.2, -0.15) is 10.5 Å². The number of hydrogen-bond acceptors (Lipinski definition) is 8. The number of nitriles is 2. The minimum Gasteiger partial charge on any atom is -0.496 e. The van der Waals surface area contributed by atoms with Gasteiger partial charge in [0.2, 0.25) is 12.2 Å². The molecule has 4 rings (SSSR count). The summed E-state index contributed by atoms with van der Waals surface area (Å²) in [5.41, 5.74) is 2.29. The minimum absolute atomic E-state index is 0.220. The van der Waals surface area contributed by atoms with Crippen molar-refractivity contribution in [1.29, 1.82) is 10.5 Å². The maximum absolute atomic E-state index is 12.2. The SMILES string of the molecule is COc1cc(-c2cc(OC)c3c(c2)C(=O)OC3C#N)cc2c1C(C#N)OC2=O. The topological polar surface area (TPSA) is 119 Å². The van der Waals surface area contributed by atoms with E-state index in [9.17, 15) is 20.1 Å². The zero-order chi connectivity index (χ0) is 20.0. The zero-order valence-electron chi connectivity index (χ0n) is 14.8. The number of hydrogen-bond donors (Lipinski definition) is 0. The molecule has 2 aromatic rings. The third kappa shape index (κ3) is 2.36. The first-order valence-electron chi connectivity index (χ1n) is 8.17. The molecule has 0 N–H and O–H groups in total. The Hall–Kier alpha value is -4.04. The fourth-order valence-electron chi connectivity index (χ4n) is 3.44. The quantitative estimate of drug-likeness (QED) is 0.750. The number of rotatable bonds is 3. The zero-order valence-corrected chi connectivity index (χ0v) is 14.8. The van der Waals surface area contributed by atoms with Crippen molar-refractivity contribution in [2.24, 2.45) is 0 Å². The van der Waals surface area contributed by atoms with Crippen molar-refractivity contribution in [1.82, 2.24) is 0 Å². The molecule has 2 atom stereocenters. The van der Waals surface area contributed by atoms with Crippen LogP contribution in [0.4, 0.5) is 0 Å². The van der Waals surface area contributed by atoms with Crippen LogP contribution in [0, 0.1) is 22.7 Å². The van der Waals surface area contributed by atoms with Crippen molar-refractivity contribution in [2.75, 3.05) is 14.2 Å². The second kappa shape index (κ2) is 6.29. The summed E-state index contributed by atoms with van der Waals surface area (Å²) in [7, 11) is 2.85. The summed E-state index contributed by atoms with van der Waals surface area (Å²) in [6.45, 7) is 0. The molecule has 0 saturated heterocycles. The number of ether oxygens (including phenoxy) is 4. The molecule has 2 aromatic carbocycles. The lowest BCUT2D eigenvalue weighted by Crippen LogP contribution is -1.99. The number of carbonyl (C=O) groups is 2. The average molecular weight is 376 g/mol. The molecule has 2 unspecified atom stereocenters. The normalized spacial score (nSPS) is 19.0. The highest BCUT2D eigenvalue weighted by Crippen LogP contribution is 2.44. The number of esters is 2. The molecule has 0 aromatic heterocycles. The molecule has 0 aliphatic carbocycles. The highest BCUT2D eigenvalue weighted by Gasteiger charge is 2.37. The van der Waals surface area contributed by atoms with E-state index in [1.807, 2.05) is 12.1 Å². The third-order valence-corrected chi connectivity index (χ3v) is 4.71. The number of carbonyl (C=O) groups excluding carboxylic acids is 2. The highest BCUT2D eigenvalue weighted by atomic mass is 16.6. The van der Waals surface area contributed by atoms with Crippen LogP contribution in [0.2, 0.25) is 0 Å². The fourth-order valence-corrected chi connectivity index (χ4v) is 3.44. The molecule has 8 nitrogen and oxygen atoms in total. The van der Waals surface area contributed by atoms with Crippen LogP contribution in [0.1, 0.15) is 44.1 Å². The predicted octanol–water partition coefficient (Wildman–Crippen LogP) is 2.84. The summed E-state index contributed by atoms with van der Waals surface area (Å²) in [5.74, 6) is -0.610. The molecule has 0 amide bonds. The number of methoxy groups -OCH3 is 2. The molecule has 8 heteroatoms. The van der Waals surface area contributed by atoms with E-state index in [-0.39, 0.29) is 11.1 Å². The summed E-state index contributed by atoms with van der Waals surface area (Å²) in [4.78, 5) is 24.3. The Bertz CT molecular complexity index is 1040. The largest absolute Gasteiger partial charge is 0.496 e. The van der Waals surface area contributed by atoms with Crippen molar-refractivity contribution in [3.8, 4) is 34.8 Å². The van der Waals surface area contributed by atoms with E-state index in [2.05, 4.69) is 0 Å². The Labute approximate surface area is 159 Å². The third-order valence-electron chi connectivity index (χ3n) is 4.71. The summed E-state index contributed by atoms with van der Waals surface area (Å²) in [6.07, 6.45) is -2.07. The molecular formula is C20H12N2O6. The maximum Gasteiger partial charge on any atom is 0.340 e. The first kappa shape index (κ1) is 17.4. The van der Waals surface area contributed by atoms with Crippen LogP contribution < -0.4 is 9.47 Å². The highest BCUT2D eigenvalue weighted by molar-refractivity contribution is 5.99. The molecule has 28 heavy (non-hydrogen) atoms. The number of benzene rings is 2. The monoisotopic (exact) mass is 376 g/mol. The minimum atomic E-state index is -1.03. The van der Waals surface area contributed by atoms with Gasteiger partial charge in [0.1, 0.15) is 23.6 Å². The van der Waals surface area contributed by atoms with Crippen LogP contribution in [0.3, 0.4) is 0 Å². The Morgan fingerprint density at radius 1 is 0.786 bits per heavy atom. The van der Waals surface area contributed by atoms with Gasteiger partial charge in [0.05, 0.1) is 36.5 Å². The molecular weight excluding hydrogens is 364 g/mol. The molecule has 0 saturated carbocycles. The van der Waals surface area contributed by atoms with Crippen LogP contribution in [0.5, 0.6) is 11.5 Å². The van der Waals surface area contributed by atoms with Crippen LogP contribution in [-0.2, 0) is 9.47 Å². The summed E-state index contributed by atoms with van der Waals surface area (Å²) in [6, 6.07) is 10.3. The predicted molar refractivity (Wildman–Crippen MR) is 92.5 cm³/mol. The van der Waals surface area contributed by atoms with Crippen molar-refractivity contribution in [3.05, 3.63) is 46.5 Å². The Balaban J connectivity index is 1.93. The van der Waals surface area contributed by atoms with Gasteiger partial charge in [0, 0.05) is 0 Å². The molecule has 2 aliphatic rings. The van der Waals surface area contributed by atoms with Gasteiger partial charge in [-0.05, 0) is 35.4 Å². The van der Waals surface area contributed by atoms with Crippen LogP contribution in [0.25, 0.3) is 11.1 Å². The Kier molecular flexibility index (Phi) is 3.90. The standard InChI is InChI=1S/C20H12N2O6/c1-25-13-5-9(3-11-17(13)15(7-21)27-19(11)23)10-4-12-18(14(6-10)26-2)16(8-22)28-20(12)24/h3-6,15-16H,1-2H3. The Morgan fingerprint density at radius 2 is 1.18 bits per heavy atom. The Morgan fingerprint density at radius 3 is 1.50 bits per heavy atom. The molecule has 0 bridgehead atoms. The molecule has 2 heterocycles. The van der Waals surface area contributed by atoms with Gasteiger partial charge in [-0.1, -0.05) is 0 Å². The second-order valence-electron chi connectivity index (χ2n) is 6.11. The van der Waals surface area contributed by atoms with Gasteiger partial charge in [0.25, 0.3) is 0 Å². The molecule has 0 spiro atoms. The van der Waals surface area contributed by atoms with Gasteiger partial charge in [-0.25, -0.2) is 9.59 Å². The van der Waals surface area contributed by atoms with Crippen LogP contribution in [0.15, 0.2) is 24.3 Å². The van der Waals surface area contributed by atoms with E-state index in [1.165, 1.54) is 14.2 Å². The van der Waals surface area contributed by atoms with Crippen LogP contribution in [-0.4, -0.2) is 26.2 Å². The number of cyclic esters (lactones) is 2. The molecule has 0 radical (unpaired) electrons. The lowest BCUT2D eigenvalue weighted by Gasteiger charge is -2.13. The van der Waals surface area contributed by atoms with Gasteiger partial charge in [0.15, 0.2) is 0 Å². The maximum atomic E-state index is 12.2. The molecule has 0 fully saturated rings. The van der Waals surface area contributed by atoms with E-state index >= 15 is 0 Å².